The molecule has 1 aliphatic rings. The Balaban J connectivity index is 1.50. The van der Waals surface area contributed by atoms with Gasteiger partial charge in [0.2, 0.25) is 0 Å². The Morgan fingerprint density at radius 2 is 1.36 bits per heavy atom. The number of nitrogens with zero attached hydrogens (tertiary/aromatic N) is 2. The van der Waals surface area contributed by atoms with Crippen molar-refractivity contribution in [3.63, 3.8) is 0 Å². The average molecular weight is 367 g/mol. The van der Waals surface area contributed by atoms with E-state index in [-0.39, 0.29) is 0 Å². The maximum absolute atomic E-state index is 2.48. The van der Waals surface area contributed by atoms with Gasteiger partial charge in [0.15, 0.2) is 0 Å². The van der Waals surface area contributed by atoms with Gasteiger partial charge in [-0.1, -0.05) is 78.9 Å². The van der Waals surface area contributed by atoms with Crippen molar-refractivity contribution in [3.8, 4) is 0 Å². The molecule has 0 aliphatic carbocycles. The fourth-order valence-corrected chi connectivity index (χ4v) is 4.77. The molecule has 1 aliphatic heterocycles. The van der Waals surface area contributed by atoms with Gasteiger partial charge in [0.1, 0.15) is 0 Å². The van der Waals surface area contributed by atoms with Crippen LogP contribution in [0.5, 0.6) is 0 Å². The highest BCUT2D eigenvalue weighted by Gasteiger charge is 2.24. The van der Waals surface area contributed by atoms with Crippen LogP contribution >= 0.6 is 0 Å². The zero-order valence-electron chi connectivity index (χ0n) is 16.4. The van der Waals surface area contributed by atoms with Crippen molar-refractivity contribution in [2.75, 3.05) is 25.1 Å². The molecule has 1 fully saturated rings. The molecule has 28 heavy (non-hydrogen) atoms. The fraction of sp³-hybridized carbons (Fsp3) is 0.231. The van der Waals surface area contributed by atoms with Gasteiger partial charge in [0, 0.05) is 25.5 Å². The Morgan fingerprint density at radius 3 is 2.18 bits per heavy atom. The van der Waals surface area contributed by atoms with E-state index in [1.807, 2.05) is 0 Å². The first kappa shape index (κ1) is 17.3. The van der Waals surface area contributed by atoms with Gasteiger partial charge in [-0.2, -0.15) is 0 Å². The number of fused-ring (bicyclic) bond motifs is 2. The number of likely N-dealkylation sites (N-methyl/N-ethyl adjacent to an activating group) is 1. The molecule has 0 radical (unpaired) electrons. The largest absolute Gasteiger partial charge is 0.305 e. The van der Waals surface area contributed by atoms with Crippen LogP contribution in [-0.2, 0) is 0 Å². The van der Waals surface area contributed by atoms with Gasteiger partial charge < -0.3 is 5.01 Å². The fourth-order valence-electron chi connectivity index (χ4n) is 4.77. The minimum atomic E-state index is 0.552. The summed E-state index contributed by atoms with van der Waals surface area (Å²) < 4.78 is 0. The van der Waals surface area contributed by atoms with E-state index in [4.69, 9.17) is 0 Å². The van der Waals surface area contributed by atoms with Gasteiger partial charge in [0.25, 0.3) is 0 Å². The third kappa shape index (κ3) is 3.04. The first-order valence-electron chi connectivity index (χ1n) is 10.3. The van der Waals surface area contributed by atoms with E-state index in [1.165, 1.54) is 45.6 Å². The van der Waals surface area contributed by atoms with Crippen LogP contribution < -0.4 is 5.01 Å². The molecular weight excluding hydrogens is 340 g/mol. The SMILES string of the molecule is CN1CC(c2cccc3ccccc23)CCCN1c1cccc2ccccc12. The Morgan fingerprint density at radius 1 is 0.714 bits per heavy atom. The summed E-state index contributed by atoms with van der Waals surface area (Å²) in [5.41, 5.74) is 2.81. The summed E-state index contributed by atoms with van der Waals surface area (Å²) in [5.74, 6) is 0.552. The Labute approximate surface area is 167 Å². The monoisotopic (exact) mass is 366 g/mol. The lowest BCUT2D eigenvalue weighted by molar-refractivity contribution is 0.307. The highest BCUT2D eigenvalue weighted by molar-refractivity contribution is 5.94. The summed E-state index contributed by atoms with van der Waals surface area (Å²) in [6.07, 6.45) is 2.42. The summed E-state index contributed by atoms with van der Waals surface area (Å²) >= 11 is 0. The lowest BCUT2D eigenvalue weighted by Gasteiger charge is -2.34. The van der Waals surface area contributed by atoms with Gasteiger partial charge in [0.05, 0.1) is 5.69 Å². The minimum Gasteiger partial charge on any atom is -0.305 e. The number of hydrazine groups is 1. The number of hydrogen-bond acceptors (Lipinski definition) is 2. The second-order valence-corrected chi connectivity index (χ2v) is 7.87. The summed E-state index contributed by atoms with van der Waals surface area (Å²) in [6, 6.07) is 30.9. The van der Waals surface area contributed by atoms with Gasteiger partial charge >= 0.3 is 0 Å². The molecule has 0 spiro atoms. The molecule has 2 heteroatoms. The highest BCUT2D eigenvalue weighted by atomic mass is 15.6. The molecular formula is C26H26N2. The second kappa shape index (κ2) is 7.29. The van der Waals surface area contributed by atoms with E-state index in [2.05, 4.69) is 102 Å². The molecule has 1 atom stereocenters. The van der Waals surface area contributed by atoms with Crippen molar-refractivity contribution < 1.29 is 0 Å². The van der Waals surface area contributed by atoms with Crippen LogP contribution in [0, 0.1) is 0 Å². The molecule has 4 aromatic carbocycles. The van der Waals surface area contributed by atoms with Gasteiger partial charge in [-0.3, -0.25) is 0 Å². The van der Waals surface area contributed by atoms with E-state index >= 15 is 0 Å². The van der Waals surface area contributed by atoms with Crippen molar-refractivity contribution in [2.45, 2.75) is 18.8 Å². The number of hydrogen-bond donors (Lipinski definition) is 0. The first-order valence-corrected chi connectivity index (χ1v) is 10.3. The third-order valence-corrected chi connectivity index (χ3v) is 6.13. The lowest BCUT2D eigenvalue weighted by atomic mass is 9.90. The predicted octanol–water partition coefficient (Wildman–Crippen LogP) is 6.22. The van der Waals surface area contributed by atoms with Gasteiger partial charge in [-0.25, -0.2) is 5.01 Å². The molecule has 1 saturated heterocycles. The molecule has 0 N–H and O–H groups in total. The van der Waals surface area contributed by atoms with Crippen LogP contribution in [0.3, 0.4) is 0 Å². The zero-order valence-corrected chi connectivity index (χ0v) is 16.4. The van der Waals surface area contributed by atoms with Crippen molar-refractivity contribution in [2.24, 2.45) is 0 Å². The molecule has 0 saturated carbocycles. The summed E-state index contributed by atoms with van der Waals surface area (Å²) in [4.78, 5) is 0. The van der Waals surface area contributed by atoms with E-state index < -0.39 is 0 Å². The Hall–Kier alpha value is -2.84. The summed E-state index contributed by atoms with van der Waals surface area (Å²) in [7, 11) is 2.24. The molecule has 2 nitrogen and oxygen atoms in total. The van der Waals surface area contributed by atoms with Crippen LogP contribution in [0.1, 0.15) is 24.3 Å². The first-order chi connectivity index (χ1) is 13.8. The maximum Gasteiger partial charge on any atom is 0.0600 e. The number of benzene rings is 4. The third-order valence-electron chi connectivity index (χ3n) is 6.13. The Bertz CT molecular complexity index is 1110. The topological polar surface area (TPSA) is 6.48 Å². The van der Waals surface area contributed by atoms with E-state index in [1.54, 1.807) is 0 Å². The van der Waals surface area contributed by atoms with Gasteiger partial charge in [-0.05, 0) is 46.5 Å². The summed E-state index contributed by atoms with van der Waals surface area (Å²) in [6.45, 7) is 2.10. The average Bonchev–Trinajstić information content (AvgIpc) is 2.94. The lowest BCUT2D eigenvalue weighted by Crippen LogP contribution is -2.40. The maximum atomic E-state index is 2.48. The molecule has 0 amide bonds. The number of anilines is 1. The van der Waals surface area contributed by atoms with Crippen LogP contribution in [0.15, 0.2) is 84.9 Å². The normalized spacial score (nSPS) is 18.5. The van der Waals surface area contributed by atoms with Crippen molar-refractivity contribution in [3.05, 3.63) is 90.5 Å². The molecule has 5 rings (SSSR count). The minimum absolute atomic E-state index is 0.552. The van der Waals surface area contributed by atoms with E-state index in [0.717, 1.165) is 13.1 Å². The Kier molecular flexibility index (Phi) is 4.50. The smallest absolute Gasteiger partial charge is 0.0600 e. The molecule has 1 unspecified atom stereocenters. The van der Waals surface area contributed by atoms with E-state index in [9.17, 15) is 0 Å². The summed E-state index contributed by atoms with van der Waals surface area (Å²) in [5, 5.41) is 10.3. The molecule has 1 heterocycles. The van der Waals surface area contributed by atoms with Crippen molar-refractivity contribution in [1.29, 1.82) is 0 Å². The standard InChI is InChI=1S/C26H26N2/c1-27-19-22(24-16-6-11-20-9-2-4-14-23(20)24)13-8-18-28(27)26-17-7-12-21-10-3-5-15-25(21)26/h2-7,9-12,14-17,22H,8,13,18-19H2,1H3. The van der Waals surface area contributed by atoms with Crippen LogP contribution in [0.25, 0.3) is 21.5 Å². The van der Waals surface area contributed by atoms with Crippen LogP contribution in [0.2, 0.25) is 0 Å². The van der Waals surface area contributed by atoms with E-state index in [0.29, 0.717) is 5.92 Å². The molecule has 0 bridgehead atoms. The molecule has 140 valence electrons. The quantitative estimate of drug-likeness (QED) is 0.415. The van der Waals surface area contributed by atoms with Gasteiger partial charge in [-0.15, -0.1) is 0 Å². The predicted molar refractivity (Wildman–Crippen MR) is 120 cm³/mol. The van der Waals surface area contributed by atoms with Crippen molar-refractivity contribution in [1.82, 2.24) is 5.01 Å². The highest BCUT2D eigenvalue weighted by Crippen LogP contribution is 2.34. The van der Waals surface area contributed by atoms with Crippen molar-refractivity contribution >= 4 is 27.2 Å². The number of rotatable bonds is 2. The van der Waals surface area contributed by atoms with Crippen LogP contribution in [0.4, 0.5) is 5.69 Å². The second-order valence-electron chi connectivity index (χ2n) is 7.87. The molecule has 0 aromatic heterocycles. The van der Waals surface area contributed by atoms with Crippen LogP contribution in [-0.4, -0.2) is 25.1 Å². The zero-order chi connectivity index (χ0) is 18.9. The molecule has 4 aromatic rings.